The average molecular weight is 323 g/mol. The van der Waals surface area contributed by atoms with Gasteiger partial charge in [-0.25, -0.2) is 0 Å². The molecule has 2 rings (SSSR count). The van der Waals surface area contributed by atoms with Crippen LogP contribution < -0.4 is 5.32 Å². The smallest absolute Gasteiger partial charge is 0.0445 e. The van der Waals surface area contributed by atoms with E-state index in [1.807, 2.05) is 17.4 Å². The highest BCUT2D eigenvalue weighted by molar-refractivity contribution is 7.12. The lowest BCUT2D eigenvalue weighted by atomic mass is 10.1. The van der Waals surface area contributed by atoms with Crippen LogP contribution in [0.3, 0.4) is 0 Å². The third kappa shape index (κ3) is 5.44. The van der Waals surface area contributed by atoms with Crippen molar-refractivity contribution in [2.75, 3.05) is 26.2 Å². The van der Waals surface area contributed by atoms with Crippen molar-refractivity contribution in [1.29, 1.82) is 0 Å². The summed E-state index contributed by atoms with van der Waals surface area (Å²) in [6, 6.07) is 5.13. The van der Waals surface area contributed by atoms with Crippen molar-refractivity contribution < 1.29 is 0 Å². The first kappa shape index (κ1) is 18.9. The average Bonchev–Trinajstić information content (AvgIpc) is 2.78. The van der Waals surface area contributed by atoms with Gasteiger partial charge >= 0.3 is 0 Å². The van der Waals surface area contributed by atoms with Crippen LogP contribution in [0.5, 0.6) is 0 Å². The first-order chi connectivity index (χ1) is 8.31. The van der Waals surface area contributed by atoms with E-state index in [4.69, 9.17) is 0 Å². The minimum Gasteiger partial charge on any atom is -0.314 e. The highest BCUT2D eigenvalue weighted by Crippen LogP contribution is 2.31. The van der Waals surface area contributed by atoms with Crippen molar-refractivity contribution in [3.63, 3.8) is 0 Å². The molecule has 19 heavy (non-hydrogen) atoms. The highest BCUT2D eigenvalue weighted by atomic mass is 35.5. The van der Waals surface area contributed by atoms with Crippen molar-refractivity contribution in [2.45, 2.75) is 25.8 Å². The summed E-state index contributed by atoms with van der Waals surface area (Å²) in [6.45, 7) is 10.6. The molecule has 0 radical (unpaired) electrons. The Morgan fingerprint density at radius 1 is 1.37 bits per heavy atom. The van der Waals surface area contributed by atoms with Crippen molar-refractivity contribution >= 4 is 36.2 Å². The Balaban J connectivity index is 0.00000162. The molecule has 1 atom stereocenters. The monoisotopic (exact) mass is 322 g/mol. The van der Waals surface area contributed by atoms with Crippen molar-refractivity contribution in [3.8, 4) is 0 Å². The van der Waals surface area contributed by atoms with E-state index in [9.17, 15) is 0 Å². The molecule has 0 amide bonds. The number of nitrogens with zero attached hydrogens (tertiary/aromatic N) is 1. The minimum atomic E-state index is 0. The fraction of sp³-hybridized carbons (Fsp3) is 0.571. The lowest BCUT2D eigenvalue weighted by Gasteiger charge is -2.34. The van der Waals surface area contributed by atoms with Crippen LogP contribution in [0.25, 0.3) is 0 Å². The van der Waals surface area contributed by atoms with Crippen molar-refractivity contribution in [3.05, 3.63) is 34.5 Å². The zero-order chi connectivity index (χ0) is 12.1. The Morgan fingerprint density at radius 2 is 2.05 bits per heavy atom. The number of allylic oxidation sites excluding steroid dienone is 1. The van der Waals surface area contributed by atoms with Crippen LogP contribution in [0.2, 0.25) is 0 Å². The Morgan fingerprint density at radius 3 is 2.58 bits per heavy atom. The zero-order valence-corrected chi connectivity index (χ0v) is 13.9. The predicted octanol–water partition coefficient (Wildman–Crippen LogP) is 3.81. The van der Waals surface area contributed by atoms with Gasteiger partial charge in [-0.1, -0.05) is 6.08 Å². The summed E-state index contributed by atoms with van der Waals surface area (Å²) in [5.41, 5.74) is 0. The largest absolute Gasteiger partial charge is 0.314 e. The summed E-state index contributed by atoms with van der Waals surface area (Å²) >= 11 is 1.94. The predicted molar refractivity (Wildman–Crippen MR) is 90.2 cm³/mol. The quantitative estimate of drug-likeness (QED) is 0.829. The molecule has 2 heterocycles. The summed E-state index contributed by atoms with van der Waals surface area (Å²) in [6.07, 6.45) is 4.34. The number of rotatable bonds is 5. The molecule has 0 spiro atoms. The first-order valence-electron chi connectivity index (χ1n) is 6.43. The van der Waals surface area contributed by atoms with E-state index in [0.29, 0.717) is 6.04 Å². The third-order valence-electron chi connectivity index (χ3n) is 3.33. The molecular formula is C14H24Cl2N2S. The van der Waals surface area contributed by atoms with Crippen LogP contribution in [0.15, 0.2) is 24.8 Å². The van der Waals surface area contributed by atoms with E-state index in [1.54, 1.807) is 0 Å². The van der Waals surface area contributed by atoms with Gasteiger partial charge in [-0.3, -0.25) is 4.90 Å². The normalized spacial score (nSPS) is 17.1. The zero-order valence-electron chi connectivity index (χ0n) is 11.4. The molecule has 110 valence electrons. The van der Waals surface area contributed by atoms with E-state index in [2.05, 4.69) is 35.9 Å². The van der Waals surface area contributed by atoms with Gasteiger partial charge in [0.25, 0.3) is 0 Å². The van der Waals surface area contributed by atoms with E-state index in [1.165, 1.54) is 29.3 Å². The molecule has 1 aliphatic heterocycles. The molecule has 0 aromatic carbocycles. The SMILES string of the molecule is C=CCC[C@H](c1ccc(C)s1)N1CCNCC1.Cl.Cl. The minimum absolute atomic E-state index is 0. The highest BCUT2D eigenvalue weighted by Gasteiger charge is 2.22. The van der Waals surface area contributed by atoms with Gasteiger partial charge in [-0.05, 0) is 31.9 Å². The van der Waals surface area contributed by atoms with Gasteiger partial charge < -0.3 is 5.32 Å². The molecule has 0 saturated carbocycles. The second kappa shape index (κ2) is 9.78. The summed E-state index contributed by atoms with van der Waals surface area (Å²) in [5, 5.41) is 3.42. The molecule has 1 fully saturated rings. The van der Waals surface area contributed by atoms with Crippen LogP contribution >= 0.6 is 36.2 Å². The van der Waals surface area contributed by atoms with E-state index in [-0.39, 0.29) is 24.8 Å². The third-order valence-corrected chi connectivity index (χ3v) is 4.43. The molecule has 0 aliphatic carbocycles. The Kier molecular flexibility index (Phi) is 9.75. The molecule has 1 N–H and O–H groups in total. The van der Waals surface area contributed by atoms with Crippen LogP contribution in [-0.4, -0.2) is 31.1 Å². The number of halogens is 2. The number of thiophene rings is 1. The maximum absolute atomic E-state index is 3.85. The summed E-state index contributed by atoms with van der Waals surface area (Å²) in [4.78, 5) is 5.55. The molecule has 1 aromatic heterocycles. The van der Waals surface area contributed by atoms with E-state index >= 15 is 0 Å². The van der Waals surface area contributed by atoms with Crippen LogP contribution in [-0.2, 0) is 0 Å². The second-order valence-corrected chi connectivity index (χ2v) is 5.94. The molecule has 1 saturated heterocycles. The maximum atomic E-state index is 3.85. The van der Waals surface area contributed by atoms with Crippen LogP contribution in [0.4, 0.5) is 0 Å². The van der Waals surface area contributed by atoms with Gasteiger partial charge in [-0.15, -0.1) is 42.7 Å². The van der Waals surface area contributed by atoms with Gasteiger partial charge in [0, 0.05) is 42.0 Å². The van der Waals surface area contributed by atoms with Crippen molar-refractivity contribution in [2.24, 2.45) is 0 Å². The lowest BCUT2D eigenvalue weighted by molar-refractivity contribution is 0.168. The molecular weight excluding hydrogens is 299 g/mol. The van der Waals surface area contributed by atoms with E-state index < -0.39 is 0 Å². The van der Waals surface area contributed by atoms with Gasteiger partial charge in [-0.2, -0.15) is 0 Å². The standard InChI is InChI=1S/C14H22N2S.2ClH/c1-3-4-5-13(14-7-6-12(2)17-14)16-10-8-15-9-11-16;;/h3,6-7,13,15H,1,4-5,8-11H2,2H3;2*1H/t13-;;/m1../s1. The number of piperazine rings is 1. The van der Waals surface area contributed by atoms with Crippen molar-refractivity contribution in [1.82, 2.24) is 10.2 Å². The lowest BCUT2D eigenvalue weighted by Crippen LogP contribution is -2.45. The number of aryl methyl sites for hydroxylation is 1. The topological polar surface area (TPSA) is 15.3 Å². The molecule has 1 aromatic rings. The van der Waals surface area contributed by atoms with Crippen LogP contribution in [0.1, 0.15) is 28.6 Å². The van der Waals surface area contributed by atoms with E-state index in [0.717, 1.165) is 19.5 Å². The Hall–Kier alpha value is -0.0600. The van der Waals surface area contributed by atoms with Gasteiger partial charge in [0.05, 0.1) is 0 Å². The molecule has 2 nitrogen and oxygen atoms in total. The van der Waals surface area contributed by atoms with Crippen LogP contribution in [0, 0.1) is 6.92 Å². The number of hydrogen-bond acceptors (Lipinski definition) is 3. The fourth-order valence-corrected chi connectivity index (χ4v) is 3.45. The Labute approximate surface area is 133 Å². The molecule has 5 heteroatoms. The number of hydrogen-bond donors (Lipinski definition) is 1. The molecule has 0 bridgehead atoms. The van der Waals surface area contributed by atoms with Gasteiger partial charge in [0.2, 0.25) is 0 Å². The molecule has 1 aliphatic rings. The number of nitrogens with one attached hydrogen (secondary N) is 1. The van der Waals surface area contributed by atoms with Gasteiger partial charge in [0.1, 0.15) is 0 Å². The first-order valence-corrected chi connectivity index (χ1v) is 7.25. The Bertz CT molecular complexity index is 362. The summed E-state index contributed by atoms with van der Waals surface area (Å²) < 4.78 is 0. The second-order valence-electron chi connectivity index (χ2n) is 4.62. The van der Waals surface area contributed by atoms with Gasteiger partial charge in [0.15, 0.2) is 0 Å². The molecule has 0 unspecified atom stereocenters. The summed E-state index contributed by atoms with van der Waals surface area (Å²) in [7, 11) is 0. The summed E-state index contributed by atoms with van der Waals surface area (Å²) in [5.74, 6) is 0. The fourth-order valence-electron chi connectivity index (χ4n) is 2.41. The maximum Gasteiger partial charge on any atom is 0.0445 e.